The van der Waals surface area contributed by atoms with Gasteiger partial charge in [-0.05, 0) is 44.4 Å². The maximum Gasteiger partial charge on any atom is 0.0745 e. The van der Waals surface area contributed by atoms with Gasteiger partial charge in [0.25, 0.3) is 0 Å². The number of halogens is 1. The first-order valence-electron chi connectivity index (χ1n) is 7.27. The third kappa shape index (κ3) is 2.99. The molecule has 5 heteroatoms. The molecule has 0 saturated carbocycles. The van der Waals surface area contributed by atoms with Gasteiger partial charge in [-0.1, -0.05) is 15.9 Å². The smallest absolute Gasteiger partial charge is 0.0745 e. The molecule has 112 valence electrons. The zero-order valence-electron chi connectivity index (χ0n) is 12.1. The third-order valence-electron chi connectivity index (χ3n) is 4.21. The standard InChI is InChI=1S/C16H20BrN3O/c1-16(21)5-2-7-20(8-6-16)15-12-9-11(17)3-4-14(12)19-10-13(15)18/h3-4,9-10,21H,2,5-8,18H2,1H3. The van der Waals surface area contributed by atoms with Crippen molar-refractivity contribution >= 4 is 38.2 Å². The van der Waals surface area contributed by atoms with Crippen LogP contribution in [0.4, 0.5) is 11.4 Å². The molecule has 3 rings (SSSR count). The highest BCUT2D eigenvalue weighted by molar-refractivity contribution is 9.10. The minimum Gasteiger partial charge on any atom is -0.396 e. The zero-order valence-corrected chi connectivity index (χ0v) is 13.7. The van der Waals surface area contributed by atoms with Crippen LogP contribution in [0.25, 0.3) is 10.9 Å². The van der Waals surface area contributed by atoms with Gasteiger partial charge < -0.3 is 15.7 Å². The zero-order chi connectivity index (χ0) is 15.0. The number of hydrogen-bond acceptors (Lipinski definition) is 4. The molecule has 1 aliphatic heterocycles. The van der Waals surface area contributed by atoms with E-state index < -0.39 is 5.60 Å². The van der Waals surface area contributed by atoms with Crippen LogP contribution in [0.5, 0.6) is 0 Å². The number of pyridine rings is 1. The lowest BCUT2D eigenvalue weighted by Crippen LogP contribution is -2.29. The molecule has 0 spiro atoms. The second-order valence-corrected chi connectivity index (χ2v) is 6.98. The van der Waals surface area contributed by atoms with E-state index in [1.165, 1.54) is 0 Å². The first-order valence-corrected chi connectivity index (χ1v) is 8.07. The minimum atomic E-state index is -0.576. The summed E-state index contributed by atoms with van der Waals surface area (Å²) in [5, 5.41) is 11.3. The molecule has 2 heterocycles. The fraction of sp³-hybridized carbons (Fsp3) is 0.438. The number of anilines is 2. The SMILES string of the molecule is CC1(O)CCCN(c2c(N)cnc3ccc(Br)cc23)CC1. The molecule has 1 unspecified atom stereocenters. The number of fused-ring (bicyclic) bond motifs is 1. The number of nitrogens with zero attached hydrogens (tertiary/aromatic N) is 2. The van der Waals surface area contributed by atoms with Crippen molar-refractivity contribution in [2.75, 3.05) is 23.7 Å². The van der Waals surface area contributed by atoms with Crippen molar-refractivity contribution in [2.45, 2.75) is 31.8 Å². The number of nitrogens with two attached hydrogens (primary N) is 1. The third-order valence-corrected chi connectivity index (χ3v) is 4.70. The van der Waals surface area contributed by atoms with E-state index in [-0.39, 0.29) is 0 Å². The van der Waals surface area contributed by atoms with Gasteiger partial charge in [0, 0.05) is 22.9 Å². The van der Waals surface area contributed by atoms with Crippen molar-refractivity contribution in [2.24, 2.45) is 0 Å². The van der Waals surface area contributed by atoms with Crippen molar-refractivity contribution in [1.82, 2.24) is 4.98 Å². The van der Waals surface area contributed by atoms with Gasteiger partial charge in [0.1, 0.15) is 0 Å². The molecule has 1 aliphatic rings. The molecule has 1 atom stereocenters. The van der Waals surface area contributed by atoms with Crippen molar-refractivity contribution in [3.8, 4) is 0 Å². The van der Waals surface area contributed by atoms with Crippen LogP contribution < -0.4 is 10.6 Å². The number of nitrogen functional groups attached to an aromatic ring is 1. The van der Waals surface area contributed by atoms with Crippen LogP contribution in [0.2, 0.25) is 0 Å². The summed E-state index contributed by atoms with van der Waals surface area (Å²) in [7, 11) is 0. The van der Waals surface area contributed by atoms with Crippen molar-refractivity contribution in [1.29, 1.82) is 0 Å². The van der Waals surface area contributed by atoms with Crippen molar-refractivity contribution in [3.63, 3.8) is 0 Å². The summed E-state index contributed by atoms with van der Waals surface area (Å²) in [5.41, 5.74) is 8.31. The fourth-order valence-corrected chi connectivity index (χ4v) is 3.37. The van der Waals surface area contributed by atoms with E-state index in [1.807, 2.05) is 19.1 Å². The van der Waals surface area contributed by atoms with Gasteiger partial charge in [-0.25, -0.2) is 0 Å². The van der Waals surface area contributed by atoms with E-state index in [0.29, 0.717) is 5.69 Å². The van der Waals surface area contributed by atoms with Gasteiger partial charge in [-0.15, -0.1) is 0 Å². The number of rotatable bonds is 1. The normalized spacial score (nSPS) is 23.3. The highest BCUT2D eigenvalue weighted by Crippen LogP contribution is 2.35. The Kier molecular flexibility index (Phi) is 3.80. The molecule has 1 aromatic heterocycles. The molecule has 21 heavy (non-hydrogen) atoms. The monoisotopic (exact) mass is 349 g/mol. The van der Waals surface area contributed by atoms with E-state index in [9.17, 15) is 5.11 Å². The van der Waals surface area contributed by atoms with Crippen LogP contribution in [0.15, 0.2) is 28.9 Å². The second kappa shape index (κ2) is 5.46. The first-order chi connectivity index (χ1) is 9.96. The van der Waals surface area contributed by atoms with E-state index >= 15 is 0 Å². The van der Waals surface area contributed by atoms with Gasteiger partial charge >= 0.3 is 0 Å². The van der Waals surface area contributed by atoms with Crippen molar-refractivity contribution < 1.29 is 5.11 Å². The van der Waals surface area contributed by atoms with E-state index in [0.717, 1.165) is 53.4 Å². The Bertz CT molecular complexity index is 667. The highest BCUT2D eigenvalue weighted by Gasteiger charge is 2.26. The summed E-state index contributed by atoms with van der Waals surface area (Å²) in [6.07, 6.45) is 4.28. The number of benzene rings is 1. The Balaban J connectivity index is 2.06. The number of aromatic nitrogens is 1. The number of hydrogen-bond donors (Lipinski definition) is 2. The molecule has 4 nitrogen and oxygen atoms in total. The molecule has 3 N–H and O–H groups in total. The van der Waals surface area contributed by atoms with Gasteiger partial charge in [0.2, 0.25) is 0 Å². The lowest BCUT2D eigenvalue weighted by molar-refractivity contribution is 0.0481. The average molecular weight is 350 g/mol. The van der Waals surface area contributed by atoms with Crippen LogP contribution in [-0.2, 0) is 0 Å². The van der Waals surface area contributed by atoms with Gasteiger partial charge in [-0.3, -0.25) is 4.98 Å². The predicted molar refractivity (Wildman–Crippen MR) is 90.5 cm³/mol. The lowest BCUT2D eigenvalue weighted by Gasteiger charge is -2.26. The summed E-state index contributed by atoms with van der Waals surface area (Å²) in [6, 6.07) is 6.05. The van der Waals surface area contributed by atoms with Crippen LogP contribution in [0, 0.1) is 0 Å². The Hall–Kier alpha value is -1.33. The molecule has 0 aliphatic carbocycles. The Morgan fingerprint density at radius 2 is 2.14 bits per heavy atom. The van der Waals surface area contributed by atoms with Crippen molar-refractivity contribution in [3.05, 3.63) is 28.9 Å². The summed E-state index contributed by atoms with van der Waals surface area (Å²) in [6.45, 7) is 3.63. The topological polar surface area (TPSA) is 62.4 Å². The molecule has 1 aromatic carbocycles. The molecule has 1 fully saturated rings. The number of aliphatic hydroxyl groups is 1. The lowest BCUT2D eigenvalue weighted by atomic mass is 9.98. The van der Waals surface area contributed by atoms with Crippen LogP contribution in [-0.4, -0.2) is 28.8 Å². The highest BCUT2D eigenvalue weighted by atomic mass is 79.9. The first kappa shape index (κ1) is 14.6. The van der Waals surface area contributed by atoms with E-state index in [2.05, 4.69) is 31.9 Å². The molecule has 0 amide bonds. The van der Waals surface area contributed by atoms with E-state index in [4.69, 9.17) is 5.73 Å². The fourth-order valence-electron chi connectivity index (χ4n) is 3.01. The Morgan fingerprint density at radius 1 is 1.33 bits per heavy atom. The van der Waals surface area contributed by atoms with Crippen LogP contribution in [0.1, 0.15) is 26.2 Å². The quantitative estimate of drug-likeness (QED) is 0.828. The van der Waals surface area contributed by atoms with E-state index in [1.54, 1.807) is 6.20 Å². The summed E-state index contributed by atoms with van der Waals surface area (Å²) in [4.78, 5) is 6.69. The summed E-state index contributed by atoms with van der Waals surface area (Å²) in [5.74, 6) is 0. The Morgan fingerprint density at radius 3 is 2.95 bits per heavy atom. The van der Waals surface area contributed by atoms with Crippen LogP contribution >= 0.6 is 15.9 Å². The van der Waals surface area contributed by atoms with Crippen LogP contribution in [0.3, 0.4) is 0 Å². The summed E-state index contributed by atoms with van der Waals surface area (Å²) < 4.78 is 1.02. The Labute approximate surface area is 133 Å². The predicted octanol–water partition coefficient (Wildman–Crippen LogP) is 3.32. The minimum absolute atomic E-state index is 0.576. The second-order valence-electron chi connectivity index (χ2n) is 6.06. The molecule has 1 saturated heterocycles. The maximum absolute atomic E-state index is 10.3. The van der Waals surface area contributed by atoms with Gasteiger partial charge in [0.15, 0.2) is 0 Å². The summed E-state index contributed by atoms with van der Waals surface area (Å²) >= 11 is 3.52. The van der Waals surface area contributed by atoms with Gasteiger partial charge in [-0.2, -0.15) is 0 Å². The molecule has 2 aromatic rings. The average Bonchev–Trinajstić information content (AvgIpc) is 2.60. The molecule has 0 radical (unpaired) electrons. The largest absolute Gasteiger partial charge is 0.396 e. The molecule has 0 bridgehead atoms. The molecular formula is C16H20BrN3O. The molecular weight excluding hydrogens is 330 g/mol. The maximum atomic E-state index is 10.3. The van der Waals surface area contributed by atoms with Gasteiger partial charge in [0.05, 0.1) is 28.7 Å².